The first-order valence-corrected chi connectivity index (χ1v) is 8.97. The van der Waals surface area contributed by atoms with E-state index in [9.17, 15) is 0 Å². The summed E-state index contributed by atoms with van der Waals surface area (Å²) in [5.41, 5.74) is 6.21. The Balaban J connectivity index is 3.22. The Morgan fingerprint density at radius 3 is 2.33 bits per heavy atom. The van der Waals surface area contributed by atoms with E-state index in [1.54, 1.807) is 21.3 Å². The van der Waals surface area contributed by atoms with Crippen molar-refractivity contribution >= 4 is 8.56 Å². The second-order valence-electron chi connectivity index (χ2n) is 5.36. The molecule has 1 saturated heterocycles. The molecule has 1 heterocycles. The highest BCUT2D eigenvalue weighted by Crippen LogP contribution is 2.47. The van der Waals surface area contributed by atoms with Crippen LogP contribution < -0.4 is 5.73 Å². The van der Waals surface area contributed by atoms with Gasteiger partial charge in [0.15, 0.2) is 0 Å². The average molecular weight is 275 g/mol. The highest BCUT2D eigenvalue weighted by atomic mass is 28.4. The van der Waals surface area contributed by atoms with E-state index in [2.05, 4.69) is 13.8 Å². The van der Waals surface area contributed by atoms with Crippen LogP contribution in [0.3, 0.4) is 0 Å². The molecular weight excluding hydrogens is 246 g/mol. The molecule has 0 aromatic rings. The molecule has 108 valence electrons. The predicted octanol–water partition coefficient (Wildman–Crippen LogP) is 2.20. The molecule has 0 amide bonds. The van der Waals surface area contributed by atoms with E-state index < -0.39 is 8.56 Å². The second kappa shape index (κ2) is 6.48. The van der Waals surface area contributed by atoms with Crippen molar-refractivity contribution in [1.29, 1.82) is 0 Å². The van der Waals surface area contributed by atoms with Gasteiger partial charge in [-0.1, -0.05) is 19.8 Å². The molecule has 1 fully saturated rings. The fourth-order valence-electron chi connectivity index (χ4n) is 3.76. The quantitative estimate of drug-likeness (QED) is 0.755. The van der Waals surface area contributed by atoms with Crippen LogP contribution >= 0.6 is 0 Å². The fraction of sp³-hybridized carbons (Fsp3) is 1.00. The smallest absolute Gasteiger partial charge is 0.371 e. The Bertz CT molecular complexity index is 259. The maximum absolute atomic E-state index is 6.21. The first-order chi connectivity index (χ1) is 8.53. The SMILES string of the molecule is CCCC1(OC)C(C(C)N)CCC[Si]1(OC)OC. The molecule has 18 heavy (non-hydrogen) atoms. The summed E-state index contributed by atoms with van der Waals surface area (Å²) in [7, 11) is 2.96. The lowest BCUT2D eigenvalue weighted by atomic mass is 9.87. The lowest BCUT2D eigenvalue weighted by molar-refractivity contribution is -0.0594. The van der Waals surface area contributed by atoms with Crippen molar-refractivity contribution in [2.45, 2.75) is 56.8 Å². The molecule has 0 bridgehead atoms. The lowest BCUT2D eigenvalue weighted by Gasteiger charge is -2.53. The summed E-state index contributed by atoms with van der Waals surface area (Å²) < 4.78 is 17.8. The molecule has 0 aromatic carbocycles. The molecule has 0 spiro atoms. The summed E-state index contributed by atoms with van der Waals surface area (Å²) in [6.45, 7) is 4.25. The molecule has 0 aromatic heterocycles. The number of ether oxygens (including phenoxy) is 1. The largest absolute Gasteiger partial charge is 0.396 e. The topological polar surface area (TPSA) is 53.7 Å². The van der Waals surface area contributed by atoms with E-state index in [4.69, 9.17) is 19.3 Å². The molecule has 1 aliphatic rings. The van der Waals surface area contributed by atoms with E-state index >= 15 is 0 Å². The summed E-state index contributed by atoms with van der Waals surface area (Å²) >= 11 is 0. The van der Waals surface area contributed by atoms with E-state index in [0.717, 1.165) is 31.7 Å². The number of rotatable bonds is 6. The van der Waals surface area contributed by atoms with Crippen molar-refractivity contribution in [3.05, 3.63) is 0 Å². The highest BCUT2D eigenvalue weighted by Gasteiger charge is 2.63. The monoisotopic (exact) mass is 275 g/mol. The van der Waals surface area contributed by atoms with Gasteiger partial charge in [-0.25, -0.2) is 0 Å². The molecule has 1 aliphatic heterocycles. The van der Waals surface area contributed by atoms with Gasteiger partial charge < -0.3 is 19.3 Å². The van der Waals surface area contributed by atoms with Gasteiger partial charge in [-0.2, -0.15) is 0 Å². The van der Waals surface area contributed by atoms with Crippen molar-refractivity contribution < 1.29 is 13.6 Å². The van der Waals surface area contributed by atoms with Crippen molar-refractivity contribution in [1.82, 2.24) is 0 Å². The number of methoxy groups -OCH3 is 1. The van der Waals surface area contributed by atoms with Gasteiger partial charge in [0.25, 0.3) is 0 Å². The third-order valence-electron chi connectivity index (χ3n) is 4.54. The fourth-order valence-corrected chi connectivity index (χ4v) is 8.03. The summed E-state index contributed by atoms with van der Waals surface area (Å²) in [4.78, 5) is 0. The van der Waals surface area contributed by atoms with Gasteiger partial charge in [0.1, 0.15) is 5.22 Å². The first kappa shape index (κ1) is 16.1. The van der Waals surface area contributed by atoms with E-state index in [0.29, 0.717) is 5.92 Å². The van der Waals surface area contributed by atoms with Crippen LogP contribution in [-0.4, -0.2) is 41.2 Å². The van der Waals surface area contributed by atoms with Crippen LogP contribution in [0.1, 0.15) is 39.5 Å². The summed E-state index contributed by atoms with van der Waals surface area (Å²) in [6.07, 6.45) is 4.24. The van der Waals surface area contributed by atoms with E-state index in [1.165, 1.54) is 0 Å². The summed E-state index contributed by atoms with van der Waals surface area (Å²) in [6, 6.07) is 1.10. The van der Waals surface area contributed by atoms with Crippen LogP contribution in [0.25, 0.3) is 0 Å². The number of hydrogen-bond acceptors (Lipinski definition) is 4. The predicted molar refractivity (Wildman–Crippen MR) is 75.6 cm³/mol. The average Bonchev–Trinajstić information content (AvgIpc) is 2.38. The maximum atomic E-state index is 6.21. The molecule has 0 aliphatic carbocycles. The lowest BCUT2D eigenvalue weighted by Crippen LogP contribution is -2.70. The van der Waals surface area contributed by atoms with Crippen molar-refractivity contribution in [3.63, 3.8) is 0 Å². The normalized spacial score (nSPS) is 33.3. The molecule has 0 radical (unpaired) electrons. The first-order valence-electron chi connectivity index (χ1n) is 6.94. The zero-order valence-corrected chi connectivity index (χ0v) is 13.5. The molecule has 0 saturated carbocycles. The van der Waals surface area contributed by atoms with E-state index in [-0.39, 0.29) is 11.3 Å². The van der Waals surface area contributed by atoms with Gasteiger partial charge in [-0.05, 0) is 25.8 Å². The molecular formula is C13H29NO3Si. The van der Waals surface area contributed by atoms with Gasteiger partial charge >= 0.3 is 8.56 Å². The minimum absolute atomic E-state index is 0.106. The minimum Gasteiger partial charge on any atom is -0.396 e. The molecule has 2 N–H and O–H groups in total. The van der Waals surface area contributed by atoms with Gasteiger partial charge in [0.05, 0.1) is 0 Å². The maximum Gasteiger partial charge on any atom is 0.371 e. The van der Waals surface area contributed by atoms with Crippen LogP contribution in [0.2, 0.25) is 6.04 Å². The Morgan fingerprint density at radius 1 is 1.33 bits per heavy atom. The third-order valence-corrected chi connectivity index (χ3v) is 8.99. The molecule has 4 nitrogen and oxygen atoms in total. The van der Waals surface area contributed by atoms with Crippen molar-refractivity contribution in [3.8, 4) is 0 Å². The van der Waals surface area contributed by atoms with E-state index in [1.807, 2.05) is 0 Å². The van der Waals surface area contributed by atoms with Crippen LogP contribution in [0.4, 0.5) is 0 Å². The van der Waals surface area contributed by atoms with Gasteiger partial charge in [0.2, 0.25) is 0 Å². The molecule has 3 atom stereocenters. The summed E-state index contributed by atoms with van der Waals surface area (Å²) in [5.74, 6) is 0.322. The highest BCUT2D eigenvalue weighted by molar-refractivity contribution is 6.70. The van der Waals surface area contributed by atoms with Crippen molar-refractivity contribution in [2.75, 3.05) is 21.3 Å². The van der Waals surface area contributed by atoms with Crippen LogP contribution in [0, 0.1) is 5.92 Å². The van der Waals surface area contributed by atoms with Gasteiger partial charge in [-0.3, -0.25) is 0 Å². The van der Waals surface area contributed by atoms with Crippen LogP contribution in [-0.2, 0) is 13.6 Å². The second-order valence-corrected chi connectivity index (χ2v) is 9.03. The van der Waals surface area contributed by atoms with Gasteiger partial charge in [-0.15, -0.1) is 0 Å². The minimum atomic E-state index is -2.36. The Kier molecular flexibility index (Phi) is 5.80. The Hall–Kier alpha value is 0.0569. The standard InChI is InChI=1S/C13H29NO3Si/c1-6-9-13(15-3)12(11(2)14)8-7-10-18(13,16-4)17-5/h11-12H,6-10,14H2,1-5H3. The van der Waals surface area contributed by atoms with Crippen molar-refractivity contribution in [2.24, 2.45) is 11.7 Å². The zero-order valence-electron chi connectivity index (χ0n) is 12.5. The van der Waals surface area contributed by atoms with Gasteiger partial charge in [0, 0.05) is 33.3 Å². The molecule has 5 heteroatoms. The number of hydrogen-bond donors (Lipinski definition) is 1. The number of nitrogens with two attached hydrogens (primary N) is 1. The van der Waals surface area contributed by atoms with Crippen LogP contribution in [0.5, 0.6) is 0 Å². The Labute approximate surface area is 112 Å². The zero-order chi connectivity index (χ0) is 13.8. The summed E-state index contributed by atoms with van der Waals surface area (Å²) in [5, 5.41) is -0.308. The molecule has 3 unspecified atom stereocenters. The Morgan fingerprint density at radius 2 is 1.94 bits per heavy atom. The van der Waals surface area contributed by atoms with Crippen LogP contribution in [0.15, 0.2) is 0 Å². The third kappa shape index (κ3) is 2.39. The molecule has 1 rings (SSSR count).